The molecule has 55 valence electrons. The molecule has 0 aliphatic carbocycles. The molecule has 0 fully saturated rings. The summed E-state index contributed by atoms with van der Waals surface area (Å²) in [6.45, 7) is 1.92. The largest absolute Gasteiger partial charge is 0.447 e. The van der Waals surface area contributed by atoms with Crippen molar-refractivity contribution in [3.05, 3.63) is 29.8 Å². The number of para-hydroxylation sites is 1. The summed E-state index contributed by atoms with van der Waals surface area (Å²) in [6, 6.07) is 7.50. The van der Waals surface area contributed by atoms with Crippen molar-refractivity contribution in [3.63, 3.8) is 0 Å². The fourth-order valence-electron chi connectivity index (χ4n) is 0.740. The fraction of sp³-hybridized carbons (Fsp3) is 0.143. The van der Waals surface area contributed by atoms with Crippen LogP contribution in [0.5, 0.6) is 5.75 Å². The molecular weight excluding hydrogens is 186 g/mol. The third-order valence-corrected chi connectivity index (χ3v) is 1.62. The summed E-state index contributed by atoms with van der Waals surface area (Å²) in [4.78, 5) is 0. The number of benzene rings is 1. The Bertz CT molecular complexity index is 240. The molecule has 0 saturated carbocycles. The van der Waals surface area contributed by atoms with Gasteiger partial charge in [0.25, 0.3) is 0 Å². The van der Waals surface area contributed by atoms with Gasteiger partial charge in [0.05, 0.1) is 0 Å². The van der Waals surface area contributed by atoms with Crippen molar-refractivity contribution in [1.29, 1.82) is 0 Å². The standard InChI is InChI=1S/C7H9O2P.K/c1-6-4-2-3-5-7(6)9-10-8;/h2-5H,10H2,1H3;. The maximum atomic E-state index is 10.1. The maximum absolute atomic E-state index is 10.1. The minimum atomic E-state index is -1.14. The van der Waals surface area contributed by atoms with Gasteiger partial charge in [0.1, 0.15) is 5.75 Å². The zero-order valence-electron chi connectivity index (χ0n) is 6.70. The van der Waals surface area contributed by atoms with Crippen LogP contribution in [0.15, 0.2) is 24.3 Å². The van der Waals surface area contributed by atoms with Crippen LogP contribution in [0.1, 0.15) is 5.56 Å². The summed E-state index contributed by atoms with van der Waals surface area (Å²) < 4.78 is 15.0. The van der Waals surface area contributed by atoms with E-state index in [0.29, 0.717) is 5.75 Å². The molecule has 0 heterocycles. The van der Waals surface area contributed by atoms with E-state index in [1.165, 1.54) is 0 Å². The molecule has 2 nitrogen and oxygen atoms in total. The van der Waals surface area contributed by atoms with Crippen LogP contribution in [-0.2, 0) is 4.57 Å². The van der Waals surface area contributed by atoms with Crippen LogP contribution in [0.4, 0.5) is 0 Å². The van der Waals surface area contributed by atoms with Gasteiger partial charge in [0, 0.05) is 51.4 Å². The van der Waals surface area contributed by atoms with E-state index in [9.17, 15) is 4.57 Å². The zero-order chi connectivity index (χ0) is 7.40. The molecule has 0 aromatic heterocycles. The second-order valence-corrected chi connectivity index (χ2v) is 2.41. The van der Waals surface area contributed by atoms with Crippen molar-refractivity contribution < 1.29 is 9.09 Å². The van der Waals surface area contributed by atoms with E-state index in [1.807, 2.05) is 25.1 Å². The summed E-state index contributed by atoms with van der Waals surface area (Å²) in [6.07, 6.45) is 0. The predicted octanol–water partition coefficient (Wildman–Crippen LogP) is 1.66. The van der Waals surface area contributed by atoms with E-state index >= 15 is 0 Å². The smallest absolute Gasteiger partial charge is 0.225 e. The van der Waals surface area contributed by atoms with Crippen molar-refractivity contribution in [1.82, 2.24) is 0 Å². The van der Waals surface area contributed by atoms with Crippen molar-refractivity contribution in [2.24, 2.45) is 0 Å². The number of hydrogen-bond acceptors (Lipinski definition) is 2. The molecule has 1 aromatic carbocycles. The van der Waals surface area contributed by atoms with Crippen LogP contribution in [0.3, 0.4) is 0 Å². The first-order valence-corrected chi connectivity index (χ1v) is 3.95. The number of rotatable bonds is 2. The molecule has 0 saturated heterocycles. The van der Waals surface area contributed by atoms with Crippen molar-refractivity contribution in [3.8, 4) is 5.75 Å². The molecule has 0 N–H and O–H groups in total. The van der Waals surface area contributed by atoms with Gasteiger partial charge in [0.2, 0.25) is 8.69 Å². The Balaban J connectivity index is 0.000001000. The second kappa shape index (κ2) is 6.41. The van der Waals surface area contributed by atoms with E-state index < -0.39 is 8.69 Å². The first-order chi connectivity index (χ1) is 4.84. The van der Waals surface area contributed by atoms with E-state index in [1.54, 1.807) is 6.07 Å². The van der Waals surface area contributed by atoms with Gasteiger partial charge in [0.15, 0.2) is 0 Å². The van der Waals surface area contributed by atoms with Gasteiger partial charge >= 0.3 is 0 Å². The average molecular weight is 195 g/mol. The Hall–Kier alpha value is 0.886. The van der Waals surface area contributed by atoms with Gasteiger partial charge in [-0.25, -0.2) is 0 Å². The molecule has 1 aromatic rings. The van der Waals surface area contributed by atoms with Crippen molar-refractivity contribution in [2.75, 3.05) is 0 Å². The monoisotopic (exact) mass is 195 g/mol. The normalized spacial score (nSPS) is 9.55. The molecule has 0 aliphatic heterocycles. The van der Waals surface area contributed by atoms with Gasteiger partial charge < -0.3 is 4.52 Å². The number of aryl methyl sites for hydroxylation is 1. The molecule has 1 atom stereocenters. The first kappa shape index (κ1) is 11.9. The SMILES string of the molecule is Cc1ccccc1O[PH2]=O.[K]. The summed E-state index contributed by atoms with van der Waals surface area (Å²) in [5.41, 5.74) is 1.02. The van der Waals surface area contributed by atoms with E-state index in [-0.39, 0.29) is 51.4 Å². The molecule has 1 radical (unpaired) electrons. The van der Waals surface area contributed by atoms with Crippen molar-refractivity contribution >= 4 is 60.1 Å². The van der Waals surface area contributed by atoms with Crippen LogP contribution >= 0.6 is 8.69 Å². The molecule has 1 unspecified atom stereocenters. The summed E-state index contributed by atoms with van der Waals surface area (Å²) in [7, 11) is -1.14. The second-order valence-electron chi connectivity index (χ2n) is 1.98. The van der Waals surface area contributed by atoms with E-state index in [2.05, 4.69) is 0 Å². The van der Waals surface area contributed by atoms with Crippen LogP contribution in [0.25, 0.3) is 0 Å². The molecule has 0 aliphatic rings. The van der Waals surface area contributed by atoms with E-state index in [4.69, 9.17) is 4.52 Å². The van der Waals surface area contributed by atoms with E-state index in [0.717, 1.165) is 5.56 Å². The number of hydrogen-bond donors (Lipinski definition) is 0. The quantitative estimate of drug-likeness (QED) is 0.530. The molecule has 4 heteroatoms. The Morgan fingerprint density at radius 1 is 1.36 bits per heavy atom. The van der Waals surface area contributed by atoms with Gasteiger partial charge in [-0.2, -0.15) is 0 Å². The molecule has 0 amide bonds. The molecule has 0 bridgehead atoms. The third kappa shape index (κ3) is 3.88. The van der Waals surface area contributed by atoms with Crippen molar-refractivity contribution in [2.45, 2.75) is 6.92 Å². The van der Waals surface area contributed by atoms with Crippen LogP contribution < -0.4 is 4.52 Å². The maximum Gasteiger partial charge on any atom is 0.225 e. The fourth-order valence-corrected chi connectivity index (χ4v) is 1.11. The van der Waals surface area contributed by atoms with Gasteiger partial charge in [-0.3, -0.25) is 4.57 Å². The minimum Gasteiger partial charge on any atom is -0.447 e. The molecule has 11 heavy (non-hydrogen) atoms. The zero-order valence-corrected chi connectivity index (χ0v) is 11.0. The van der Waals surface area contributed by atoms with Gasteiger partial charge in [-0.1, -0.05) is 18.2 Å². The van der Waals surface area contributed by atoms with Gasteiger partial charge in [-0.15, -0.1) is 0 Å². The first-order valence-electron chi connectivity index (χ1n) is 3.00. The van der Waals surface area contributed by atoms with Crippen LogP contribution in [-0.4, -0.2) is 51.4 Å². The Morgan fingerprint density at radius 2 is 2.00 bits per heavy atom. The van der Waals surface area contributed by atoms with Crippen LogP contribution in [0, 0.1) is 6.92 Å². The molecule has 0 spiro atoms. The summed E-state index contributed by atoms with van der Waals surface area (Å²) >= 11 is 0. The average Bonchev–Trinajstić information content (AvgIpc) is 1.94. The summed E-state index contributed by atoms with van der Waals surface area (Å²) in [5, 5.41) is 0. The Kier molecular flexibility index (Phi) is 6.92. The molecular formula is C7H9KO2P. The Labute approximate surface area is 110 Å². The third-order valence-electron chi connectivity index (χ3n) is 1.27. The van der Waals surface area contributed by atoms with Gasteiger partial charge in [-0.05, 0) is 18.6 Å². The molecule has 1 rings (SSSR count). The predicted molar refractivity (Wildman–Crippen MR) is 48.0 cm³/mol. The topological polar surface area (TPSA) is 26.3 Å². The van der Waals surface area contributed by atoms with Crippen LogP contribution in [0.2, 0.25) is 0 Å². The Morgan fingerprint density at radius 3 is 2.55 bits per heavy atom. The minimum absolute atomic E-state index is 0. The summed E-state index contributed by atoms with van der Waals surface area (Å²) in [5.74, 6) is 0.715.